The number of benzene rings is 3. The Hall–Kier alpha value is -4.42. The molecule has 0 aliphatic heterocycles. The van der Waals surface area contributed by atoms with Crippen molar-refractivity contribution in [2.45, 2.75) is 81.8 Å². The van der Waals surface area contributed by atoms with Gasteiger partial charge in [-0.2, -0.15) is 4.31 Å². The van der Waals surface area contributed by atoms with E-state index in [1.54, 1.807) is 0 Å². The van der Waals surface area contributed by atoms with Crippen molar-refractivity contribution in [3.63, 3.8) is 0 Å². The molecule has 266 valence electrons. The SMILES string of the molecule is CC[C@@H](CCC[C@@H](C(=O)OC)N(CCC(C)C)S(=O)(=O)c1ccc(N)cc1)NC(=O)[C@@H](NC(=O)OC)C(c1ccccc1)c1ccccc1. The lowest BCUT2D eigenvalue weighted by Gasteiger charge is -2.31. The van der Waals surface area contributed by atoms with Crippen molar-refractivity contribution in [3.8, 4) is 0 Å². The van der Waals surface area contributed by atoms with Gasteiger partial charge < -0.3 is 25.8 Å². The lowest BCUT2D eigenvalue weighted by molar-refractivity contribution is -0.145. The van der Waals surface area contributed by atoms with E-state index in [0.717, 1.165) is 11.1 Å². The Kier molecular flexibility index (Phi) is 15.1. The summed E-state index contributed by atoms with van der Waals surface area (Å²) >= 11 is 0. The molecule has 4 N–H and O–H groups in total. The molecule has 0 heterocycles. The standard InChI is InChI=1S/C37H50N4O7S/c1-6-30(39-35(42)34(40-37(44)48-5)33(27-14-9-7-10-15-27)28-16-11-8-12-17-28)18-13-19-32(36(43)47-4)41(25-24-26(2)3)49(45,46)31-22-20-29(38)21-23-31/h7-12,14-17,20-23,26,30,32-34H,6,13,18-19,24-25,38H2,1-5H3,(H,39,42)(H,40,44)/t30-,32-,34-/m0/s1. The number of nitrogens with one attached hydrogen (secondary N) is 2. The summed E-state index contributed by atoms with van der Waals surface area (Å²) in [4.78, 5) is 39.7. The zero-order valence-corrected chi connectivity index (χ0v) is 29.8. The zero-order chi connectivity index (χ0) is 36.0. The molecule has 11 nitrogen and oxygen atoms in total. The zero-order valence-electron chi connectivity index (χ0n) is 29.0. The molecule has 3 atom stereocenters. The van der Waals surface area contributed by atoms with Crippen LogP contribution in [0.3, 0.4) is 0 Å². The number of nitrogens with zero attached hydrogens (tertiary/aromatic N) is 1. The van der Waals surface area contributed by atoms with Crippen molar-refractivity contribution in [1.82, 2.24) is 14.9 Å². The normalized spacial score (nSPS) is 13.5. The van der Waals surface area contributed by atoms with Gasteiger partial charge in [-0.3, -0.25) is 9.59 Å². The molecular weight excluding hydrogens is 644 g/mol. The number of carbonyl (C=O) groups is 3. The van der Waals surface area contributed by atoms with Gasteiger partial charge in [0.05, 0.1) is 19.1 Å². The number of methoxy groups -OCH3 is 2. The van der Waals surface area contributed by atoms with Gasteiger partial charge in [-0.1, -0.05) is 81.4 Å². The van der Waals surface area contributed by atoms with Crippen LogP contribution in [-0.2, 0) is 29.1 Å². The fraction of sp³-hybridized carbons (Fsp3) is 0.432. The molecule has 3 aromatic rings. The molecule has 49 heavy (non-hydrogen) atoms. The number of hydrogen-bond donors (Lipinski definition) is 3. The molecule has 0 saturated carbocycles. The Bertz CT molecular complexity index is 1550. The van der Waals surface area contributed by atoms with Crippen molar-refractivity contribution in [3.05, 3.63) is 96.1 Å². The summed E-state index contributed by atoms with van der Waals surface area (Å²) in [7, 11) is -1.59. The first-order valence-electron chi connectivity index (χ1n) is 16.6. The summed E-state index contributed by atoms with van der Waals surface area (Å²) in [5.41, 5.74) is 7.90. The Balaban J connectivity index is 1.85. The summed E-state index contributed by atoms with van der Waals surface area (Å²) in [6, 6.07) is 22.4. The van der Waals surface area contributed by atoms with Crippen LogP contribution in [0.25, 0.3) is 0 Å². The number of carbonyl (C=O) groups excluding carboxylic acids is 3. The maximum atomic E-state index is 14.0. The second kappa shape index (κ2) is 18.9. The molecule has 0 saturated heterocycles. The molecule has 0 bridgehead atoms. The molecule has 0 aliphatic carbocycles. The molecule has 3 aromatic carbocycles. The van der Waals surface area contributed by atoms with Crippen LogP contribution in [-0.4, -0.2) is 69.6 Å². The van der Waals surface area contributed by atoms with Crippen molar-refractivity contribution < 1.29 is 32.3 Å². The van der Waals surface area contributed by atoms with Crippen molar-refractivity contribution >= 4 is 33.7 Å². The van der Waals surface area contributed by atoms with Gasteiger partial charge in [-0.15, -0.1) is 0 Å². The summed E-state index contributed by atoms with van der Waals surface area (Å²) < 4.78 is 39.0. The fourth-order valence-electron chi connectivity index (χ4n) is 5.73. The van der Waals surface area contributed by atoms with E-state index in [1.807, 2.05) is 81.4 Å². The van der Waals surface area contributed by atoms with E-state index in [4.69, 9.17) is 15.2 Å². The third-order valence-corrected chi connectivity index (χ3v) is 10.4. The number of amides is 2. The van der Waals surface area contributed by atoms with E-state index in [1.165, 1.54) is 42.8 Å². The maximum Gasteiger partial charge on any atom is 0.407 e. The van der Waals surface area contributed by atoms with E-state index < -0.39 is 46.0 Å². The van der Waals surface area contributed by atoms with Crippen LogP contribution < -0.4 is 16.4 Å². The Morgan fingerprint density at radius 1 is 0.796 bits per heavy atom. The summed E-state index contributed by atoms with van der Waals surface area (Å²) in [5, 5.41) is 5.84. The van der Waals surface area contributed by atoms with Crippen molar-refractivity contribution in [2.75, 3.05) is 26.5 Å². The van der Waals surface area contributed by atoms with Crippen LogP contribution in [0.15, 0.2) is 89.8 Å². The first-order valence-corrected chi connectivity index (χ1v) is 18.1. The third kappa shape index (κ3) is 11.0. The summed E-state index contributed by atoms with van der Waals surface area (Å²) in [6.45, 7) is 6.02. The molecule has 3 rings (SSSR count). The quantitative estimate of drug-likeness (QED) is 0.117. The number of nitrogens with two attached hydrogens (primary N) is 1. The third-order valence-electron chi connectivity index (χ3n) is 8.50. The van der Waals surface area contributed by atoms with Gasteiger partial charge in [0.25, 0.3) is 0 Å². The Morgan fingerprint density at radius 2 is 1.37 bits per heavy atom. The predicted octanol–water partition coefficient (Wildman–Crippen LogP) is 5.47. The minimum absolute atomic E-state index is 0.0357. The van der Waals surface area contributed by atoms with Gasteiger partial charge in [-0.25, -0.2) is 13.2 Å². The average molecular weight is 695 g/mol. The van der Waals surface area contributed by atoms with E-state index in [0.29, 0.717) is 31.4 Å². The van der Waals surface area contributed by atoms with E-state index in [2.05, 4.69) is 10.6 Å². The van der Waals surface area contributed by atoms with Crippen LogP contribution in [0.4, 0.5) is 10.5 Å². The number of sulfonamides is 1. The number of nitrogen functional groups attached to an aromatic ring is 1. The highest BCUT2D eigenvalue weighted by molar-refractivity contribution is 7.89. The molecule has 0 spiro atoms. The van der Waals surface area contributed by atoms with Gasteiger partial charge in [0.2, 0.25) is 15.9 Å². The van der Waals surface area contributed by atoms with E-state index >= 15 is 0 Å². The molecule has 2 amide bonds. The number of esters is 1. The monoisotopic (exact) mass is 694 g/mol. The lowest BCUT2D eigenvalue weighted by Crippen LogP contribution is -2.52. The van der Waals surface area contributed by atoms with Crippen molar-refractivity contribution in [1.29, 1.82) is 0 Å². The topological polar surface area (TPSA) is 157 Å². The minimum atomic E-state index is -4.08. The van der Waals surface area contributed by atoms with Crippen molar-refractivity contribution in [2.24, 2.45) is 5.92 Å². The Labute approximate surface area is 290 Å². The first-order chi connectivity index (χ1) is 23.4. The molecule has 0 unspecified atom stereocenters. The molecule has 0 radical (unpaired) electrons. The van der Waals surface area contributed by atoms with Gasteiger partial charge in [-0.05, 0) is 73.4 Å². The number of hydrogen-bond acceptors (Lipinski definition) is 8. The predicted molar refractivity (Wildman–Crippen MR) is 190 cm³/mol. The van der Waals surface area contributed by atoms with Gasteiger partial charge in [0.15, 0.2) is 0 Å². The molecule has 0 aliphatic rings. The van der Waals surface area contributed by atoms with Gasteiger partial charge >= 0.3 is 12.1 Å². The summed E-state index contributed by atoms with van der Waals surface area (Å²) in [5.74, 6) is -1.39. The van der Waals surface area contributed by atoms with E-state index in [-0.39, 0.29) is 29.8 Å². The highest BCUT2D eigenvalue weighted by Crippen LogP contribution is 2.29. The smallest absolute Gasteiger partial charge is 0.407 e. The number of rotatable bonds is 18. The van der Waals surface area contributed by atoms with Crippen LogP contribution in [0.2, 0.25) is 0 Å². The fourth-order valence-corrected chi connectivity index (χ4v) is 7.35. The van der Waals surface area contributed by atoms with Crippen LogP contribution in [0.1, 0.15) is 69.9 Å². The summed E-state index contributed by atoms with van der Waals surface area (Å²) in [6.07, 6.45) is 1.38. The average Bonchev–Trinajstić information content (AvgIpc) is 3.10. The second-order valence-electron chi connectivity index (χ2n) is 12.4. The Morgan fingerprint density at radius 3 is 1.86 bits per heavy atom. The lowest BCUT2D eigenvalue weighted by atomic mass is 9.84. The number of ether oxygens (including phenoxy) is 2. The van der Waals surface area contributed by atoms with Gasteiger partial charge in [0.1, 0.15) is 12.1 Å². The minimum Gasteiger partial charge on any atom is -0.468 e. The van der Waals surface area contributed by atoms with E-state index in [9.17, 15) is 22.8 Å². The molecular formula is C37H50N4O7S. The van der Waals surface area contributed by atoms with Gasteiger partial charge in [0, 0.05) is 24.2 Å². The number of alkyl carbamates (subject to hydrolysis) is 1. The maximum absolute atomic E-state index is 14.0. The van der Waals surface area contributed by atoms with Crippen LogP contribution in [0.5, 0.6) is 0 Å². The van der Waals surface area contributed by atoms with Crippen LogP contribution in [0, 0.1) is 5.92 Å². The number of anilines is 1. The highest BCUT2D eigenvalue weighted by Gasteiger charge is 2.37. The first kappa shape index (κ1) is 39.0. The molecule has 12 heteroatoms. The largest absolute Gasteiger partial charge is 0.468 e. The van der Waals surface area contributed by atoms with Crippen LogP contribution >= 0.6 is 0 Å². The molecule has 0 fully saturated rings. The highest BCUT2D eigenvalue weighted by atomic mass is 32.2. The second-order valence-corrected chi connectivity index (χ2v) is 14.3. The molecule has 0 aromatic heterocycles.